The van der Waals surface area contributed by atoms with Crippen molar-refractivity contribution in [3.63, 3.8) is 0 Å². The Bertz CT molecular complexity index is 498. The van der Waals surface area contributed by atoms with Crippen molar-refractivity contribution in [1.82, 2.24) is 0 Å². The van der Waals surface area contributed by atoms with Gasteiger partial charge in [0, 0.05) is 17.1 Å². The quantitative estimate of drug-likeness (QED) is 0.821. The van der Waals surface area contributed by atoms with Crippen LogP contribution in [-0.2, 0) is 6.54 Å². The van der Waals surface area contributed by atoms with Crippen LogP contribution in [0.2, 0.25) is 4.34 Å². The standard InChI is InChI=1S/C11H10ClFN2S/c12-11-4-2-8(16-11)6-15-10-3-1-7(14)5-9(10)13/h1-5,15H,6,14H2. The van der Waals surface area contributed by atoms with Gasteiger partial charge in [-0.05, 0) is 30.3 Å². The molecule has 0 atom stereocenters. The Labute approximate surface area is 102 Å². The van der Waals surface area contributed by atoms with Crippen LogP contribution in [0.5, 0.6) is 0 Å². The molecule has 5 heteroatoms. The molecule has 0 saturated carbocycles. The number of rotatable bonds is 3. The second-order valence-electron chi connectivity index (χ2n) is 3.30. The molecule has 84 valence electrons. The summed E-state index contributed by atoms with van der Waals surface area (Å²) < 4.78 is 14.1. The van der Waals surface area contributed by atoms with E-state index in [-0.39, 0.29) is 5.82 Å². The minimum Gasteiger partial charge on any atom is -0.399 e. The van der Waals surface area contributed by atoms with Crippen molar-refractivity contribution in [2.75, 3.05) is 11.1 Å². The first-order valence-corrected chi connectivity index (χ1v) is 5.88. The van der Waals surface area contributed by atoms with Gasteiger partial charge in [-0.25, -0.2) is 4.39 Å². The van der Waals surface area contributed by atoms with Gasteiger partial charge in [-0.1, -0.05) is 11.6 Å². The average molecular weight is 257 g/mol. The lowest BCUT2D eigenvalue weighted by molar-refractivity contribution is 0.631. The van der Waals surface area contributed by atoms with Gasteiger partial charge in [0.1, 0.15) is 5.82 Å². The summed E-state index contributed by atoms with van der Waals surface area (Å²) >= 11 is 7.27. The summed E-state index contributed by atoms with van der Waals surface area (Å²) in [4.78, 5) is 1.06. The Morgan fingerprint density at radius 3 is 2.75 bits per heavy atom. The van der Waals surface area contributed by atoms with E-state index in [4.69, 9.17) is 17.3 Å². The highest BCUT2D eigenvalue weighted by Crippen LogP contribution is 2.23. The van der Waals surface area contributed by atoms with Gasteiger partial charge in [-0.3, -0.25) is 0 Å². The second kappa shape index (κ2) is 4.72. The van der Waals surface area contributed by atoms with Crippen molar-refractivity contribution in [3.05, 3.63) is 45.4 Å². The summed E-state index contributed by atoms with van der Waals surface area (Å²) in [7, 11) is 0. The van der Waals surface area contributed by atoms with E-state index in [1.807, 2.05) is 12.1 Å². The number of anilines is 2. The van der Waals surface area contributed by atoms with Crippen LogP contribution in [0.25, 0.3) is 0 Å². The molecule has 0 bridgehead atoms. The van der Waals surface area contributed by atoms with E-state index in [9.17, 15) is 4.39 Å². The molecule has 0 aliphatic rings. The van der Waals surface area contributed by atoms with Crippen molar-refractivity contribution in [1.29, 1.82) is 0 Å². The van der Waals surface area contributed by atoms with E-state index in [0.717, 1.165) is 9.21 Å². The van der Waals surface area contributed by atoms with Gasteiger partial charge in [-0.2, -0.15) is 0 Å². The number of hydrogen-bond acceptors (Lipinski definition) is 3. The van der Waals surface area contributed by atoms with Crippen molar-refractivity contribution >= 4 is 34.3 Å². The molecule has 3 N–H and O–H groups in total. The highest BCUT2D eigenvalue weighted by molar-refractivity contribution is 7.16. The predicted molar refractivity (Wildman–Crippen MR) is 67.5 cm³/mol. The molecule has 0 radical (unpaired) electrons. The monoisotopic (exact) mass is 256 g/mol. The Kier molecular flexibility index (Phi) is 3.31. The lowest BCUT2D eigenvalue weighted by atomic mass is 10.2. The third-order valence-corrected chi connectivity index (χ3v) is 3.31. The van der Waals surface area contributed by atoms with E-state index < -0.39 is 0 Å². The third kappa shape index (κ3) is 2.65. The highest BCUT2D eigenvalue weighted by Gasteiger charge is 2.03. The Hall–Kier alpha value is -1.26. The minimum absolute atomic E-state index is 0.345. The van der Waals surface area contributed by atoms with E-state index in [1.54, 1.807) is 12.1 Å². The molecule has 0 unspecified atom stereocenters. The maximum absolute atomic E-state index is 13.4. The van der Waals surface area contributed by atoms with E-state index in [2.05, 4.69) is 5.32 Å². The topological polar surface area (TPSA) is 38.0 Å². The van der Waals surface area contributed by atoms with Crippen LogP contribution in [0.4, 0.5) is 15.8 Å². The molecule has 0 aliphatic heterocycles. The highest BCUT2D eigenvalue weighted by atomic mass is 35.5. The first-order chi connectivity index (χ1) is 7.65. The molecule has 0 spiro atoms. The molecule has 0 amide bonds. The van der Waals surface area contributed by atoms with Gasteiger partial charge in [0.05, 0.1) is 10.0 Å². The van der Waals surface area contributed by atoms with Crippen molar-refractivity contribution < 1.29 is 4.39 Å². The SMILES string of the molecule is Nc1ccc(NCc2ccc(Cl)s2)c(F)c1. The van der Waals surface area contributed by atoms with Gasteiger partial charge < -0.3 is 11.1 Å². The van der Waals surface area contributed by atoms with Gasteiger partial charge >= 0.3 is 0 Å². The number of thiophene rings is 1. The Morgan fingerprint density at radius 1 is 1.31 bits per heavy atom. The molecule has 2 aromatic rings. The molecule has 0 aliphatic carbocycles. The molecular weight excluding hydrogens is 247 g/mol. The summed E-state index contributed by atoms with van der Waals surface area (Å²) in [6, 6.07) is 8.31. The average Bonchev–Trinajstić information content (AvgIpc) is 2.63. The van der Waals surface area contributed by atoms with Crippen LogP contribution >= 0.6 is 22.9 Å². The fraction of sp³-hybridized carbons (Fsp3) is 0.0909. The van der Waals surface area contributed by atoms with Crippen molar-refractivity contribution in [3.8, 4) is 0 Å². The number of halogens is 2. The largest absolute Gasteiger partial charge is 0.399 e. The fourth-order valence-electron chi connectivity index (χ4n) is 1.30. The fourth-order valence-corrected chi connectivity index (χ4v) is 2.33. The summed E-state index contributed by atoms with van der Waals surface area (Å²) in [6.07, 6.45) is 0. The molecule has 1 aromatic carbocycles. The Balaban J connectivity index is 2.04. The maximum atomic E-state index is 13.4. The van der Waals surface area contributed by atoms with E-state index in [0.29, 0.717) is 17.9 Å². The van der Waals surface area contributed by atoms with Crippen molar-refractivity contribution in [2.24, 2.45) is 0 Å². The number of hydrogen-bond donors (Lipinski definition) is 2. The predicted octanol–water partition coefficient (Wildman–Crippen LogP) is 3.73. The number of nitrogens with one attached hydrogen (secondary N) is 1. The van der Waals surface area contributed by atoms with Crippen LogP contribution in [0.15, 0.2) is 30.3 Å². The lowest BCUT2D eigenvalue weighted by Gasteiger charge is -2.06. The van der Waals surface area contributed by atoms with Gasteiger partial charge in [-0.15, -0.1) is 11.3 Å². The maximum Gasteiger partial charge on any atom is 0.148 e. The number of nitrogens with two attached hydrogens (primary N) is 1. The van der Waals surface area contributed by atoms with Gasteiger partial charge in [0.2, 0.25) is 0 Å². The summed E-state index contributed by atoms with van der Waals surface area (Å²) in [5.41, 5.74) is 6.32. The van der Waals surface area contributed by atoms with Crippen LogP contribution in [0.1, 0.15) is 4.88 Å². The molecule has 0 fully saturated rings. The zero-order valence-electron chi connectivity index (χ0n) is 8.34. The van der Waals surface area contributed by atoms with Crippen LogP contribution in [0.3, 0.4) is 0 Å². The zero-order chi connectivity index (χ0) is 11.5. The lowest BCUT2D eigenvalue weighted by Crippen LogP contribution is -2.00. The Morgan fingerprint density at radius 2 is 2.12 bits per heavy atom. The molecule has 1 heterocycles. The number of benzene rings is 1. The molecule has 2 rings (SSSR count). The van der Waals surface area contributed by atoms with E-state index >= 15 is 0 Å². The summed E-state index contributed by atoms with van der Waals surface area (Å²) in [5, 5.41) is 2.99. The van der Waals surface area contributed by atoms with Crippen LogP contribution in [-0.4, -0.2) is 0 Å². The smallest absolute Gasteiger partial charge is 0.148 e. The molecule has 0 saturated heterocycles. The molecule has 16 heavy (non-hydrogen) atoms. The van der Waals surface area contributed by atoms with Crippen LogP contribution < -0.4 is 11.1 Å². The zero-order valence-corrected chi connectivity index (χ0v) is 9.91. The second-order valence-corrected chi connectivity index (χ2v) is 5.10. The first kappa shape index (κ1) is 11.2. The van der Waals surface area contributed by atoms with E-state index in [1.165, 1.54) is 17.4 Å². The van der Waals surface area contributed by atoms with Crippen LogP contribution in [0, 0.1) is 5.82 Å². The first-order valence-electron chi connectivity index (χ1n) is 4.68. The third-order valence-electron chi connectivity index (χ3n) is 2.08. The molecule has 1 aromatic heterocycles. The van der Waals surface area contributed by atoms with Gasteiger partial charge in [0.15, 0.2) is 0 Å². The summed E-state index contributed by atoms with van der Waals surface area (Å²) in [5.74, 6) is -0.345. The molecule has 2 nitrogen and oxygen atoms in total. The summed E-state index contributed by atoms with van der Waals surface area (Å²) in [6.45, 7) is 0.554. The minimum atomic E-state index is -0.345. The normalized spacial score (nSPS) is 10.4. The number of nitrogen functional groups attached to an aromatic ring is 1. The molecular formula is C11H10ClFN2S. The van der Waals surface area contributed by atoms with Crippen molar-refractivity contribution in [2.45, 2.75) is 6.54 Å². The van der Waals surface area contributed by atoms with Gasteiger partial charge in [0.25, 0.3) is 0 Å².